The first kappa shape index (κ1) is 23.3. The summed E-state index contributed by atoms with van der Waals surface area (Å²) in [5, 5.41) is 3.60. The Morgan fingerprint density at radius 2 is 1.90 bits per heavy atom. The van der Waals surface area contributed by atoms with E-state index in [0.29, 0.717) is 41.0 Å². The lowest BCUT2D eigenvalue weighted by Crippen LogP contribution is -2.53. The zero-order chi connectivity index (χ0) is 21.5. The van der Waals surface area contributed by atoms with E-state index < -0.39 is 0 Å². The molecule has 6 nitrogen and oxygen atoms in total. The van der Waals surface area contributed by atoms with Crippen LogP contribution in [0.15, 0.2) is 18.2 Å². The monoisotopic (exact) mass is 437 g/mol. The Bertz CT molecular complexity index is 686. The molecule has 1 amide bonds. The van der Waals surface area contributed by atoms with Gasteiger partial charge in [-0.2, -0.15) is 0 Å². The van der Waals surface area contributed by atoms with E-state index in [1.54, 1.807) is 25.3 Å². The number of likely N-dealkylation sites (tertiary alicyclic amines) is 1. The van der Waals surface area contributed by atoms with E-state index in [4.69, 9.17) is 21.1 Å². The van der Waals surface area contributed by atoms with Gasteiger partial charge < -0.3 is 19.7 Å². The maximum Gasteiger partial charge on any atom is 0.255 e. The van der Waals surface area contributed by atoms with Gasteiger partial charge in [0.15, 0.2) is 0 Å². The number of rotatable bonds is 8. The Labute approximate surface area is 185 Å². The van der Waals surface area contributed by atoms with E-state index in [1.165, 1.54) is 12.8 Å². The number of benzene rings is 1. The highest BCUT2D eigenvalue weighted by Crippen LogP contribution is 2.25. The molecule has 2 aliphatic heterocycles. The van der Waals surface area contributed by atoms with Gasteiger partial charge in [-0.1, -0.05) is 11.6 Å². The molecule has 0 aromatic heterocycles. The first-order valence-corrected chi connectivity index (χ1v) is 11.6. The average molecular weight is 438 g/mol. The minimum absolute atomic E-state index is 0.143. The second-order valence-corrected chi connectivity index (χ2v) is 8.98. The molecule has 1 aromatic carbocycles. The van der Waals surface area contributed by atoms with Crippen LogP contribution in [-0.2, 0) is 4.74 Å². The van der Waals surface area contributed by atoms with E-state index >= 15 is 0 Å². The molecule has 2 aliphatic rings. The highest BCUT2D eigenvalue weighted by molar-refractivity contribution is 6.31. The van der Waals surface area contributed by atoms with Gasteiger partial charge in [-0.05, 0) is 70.8 Å². The Balaban J connectivity index is 1.60. The summed E-state index contributed by atoms with van der Waals surface area (Å²) in [7, 11) is 1.57. The minimum Gasteiger partial charge on any atom is -0.496 e. The second kappa shape index (κ2) is 11.3. The van der Waals surface area contributed by atoms with Crippen molar-refractivity contribution in [2.45, 2.75) is 57.7 Å². The van der Waals surface area contributed by atoms with E-state index in [0.717, 1.165) is 45.7 Å². The molecule has 1 N–H and O–H groups in total. The third-order valence-corrected chi connectivity index (χ3v) is 6.66. The maximum atomic E-state index is 12.7. The molecule has 0 radical (unpaired) electrons. The number of halogens is 1. The molecule has 0 aliphatic carbocycles. The third kappa shape index (κ3) is 6.10. The van der Waals surface area contributed by atoms with Crippen molar-refractivity contribution in [2.75, 3.05) is 46.5 Å². The van der Waals surface area contributed by atoms with Crippen LogP contribution in [0.5, 0.6) is 5.75 Å². The number of nitrogens with zero attached hydrogens (tertiary/aromatic N) is 2. The van der Waals surface area contributed by atoms with Gasteiger partial charge in [-0.3, -0.25) is 9.69 Å². The van der Waals surface area contributed by atoms with Crippen molar-refractivity contribution in [3.05, 3.63) is 28.8 Å². The van der Waals surface area contributed by atoms with Crippen molar-refractivity contribution >= 4 is 17.5 Å². The molecule has 0 bridgehead atoms. The summed E-state index contributed by atoms with van der Waals surface area (Å²) < 4.78 is 10.9. The van der Waals surface area contributed by atoms with Gasteiger partial charge >= 0.3 is 0 Å². The quantitative estimate of drug-likeness (QED) is 0.675. The number of amides is 1. The number of nitrogens with one attached hydrogen (secondary N) is 1. The molecule has 2 saturated heterocycles. The van der Waals surface area contributed by atoms with Crippen molar-refractivity contribution in [1.82, 2.24) is 15.1 Å². The molecule has 0 saturated carbocycles. The number of carbonyl (C=O) groups is 1. The lowest BCUT2D eigenvalue weighted by atomic mass is 9.97. The molecular weight excluding hydrogens is 402 g/mol. The van der Waals surface area contributed by atoms with Gasteiger partial charge in [-0.25, -0.2) is 0 Å². The maximum absolute atomic E-state index is 12.7. The molecule has 168 valence electrons. The van der Waals surface area contributed by atoms with E-state index in [-0.39, 0.29) is 5.91 Å². The van der Waals surface area contributed by atoms with Crippen LogP contribution in [0.3, 0.4) is 0 Å². The fraction of sp³-hybridized carbons (Fsp3) is 0.696. The molecule has 0 spiro atoms. The lowest BCUT2D eigenvalue weighted by Gasteiger charge is -2.44. The summed E-state index contributed by atoms with van der Waals surface area (Å²) in [4.78, 5) is 17.9. The van der Waals surface area contributed by atoms with Crippen LogP contribution in [0, 0.1) is 0 Å². The van der Waals surface area contributed by atoms with Crippen LogP contribution in [0.4, 0.5) is 0 Å². The molecule has 0 atom stereocenters. The van der Waals surface area contributed by atoms with Crippen LogP contribution in [0.25, 0.3) is 0 Å². The highest BCUT2D eigenvalue weighted by atomic mass is 35.5. The molecule has 30 heavy (non-hydrogen) atoms. The van der Waals surface area contributed by atoms with E-state index in [9.17, 15) is 4.79 Å². The van der Waals surface area contributed by atoms with Gasteiger partial charge in [0, 0.05) is 49.5 Å². The van der Waals surface area contributed by atoms with Crippen molar-refractivity contribution in [2.24, 2.45) is 0 Å². The Morgan fingerprint density at radius 1 is 1.23 bits per heavy atom. The van der Waals surface area contributed by atoms with Gasteiger partial charge in [0.05, 0.1) is 12.7 Å². The molecule has 2 fully saturated rings. The van der Waals surface area contributed by atoms with Gasteiger partial charge in [0.2, 0.25) is 0 Å². The predicted molar refractivity (Wildman–Crippen MR) is 121 cm³/mol. The normalized spacial score (nSPS) is 19.4. The fourth-order valence-corrected chi connectivity index (χ4v) is 4.84. The SMILES string of the molecule is COc1ccc(Cl)cc1C(=O)NCCN(C1CCOCC1)C1CCN(C(C)C)CC1. The first-order valence-electron chi connectivity index (χ1n) is 11.2. The standard InChI is InChI=1S/C23H36ClN3O3/c1-17(2)26-11-6-19(7-12-26)27(20-8-14-30-15-9-20)13-10-25-23(28)21-16-18(24)4-5-22(21)29-3/h4-5,16-17,19-20H,6-15H2,1-3H3,(H,25,28). The second-order valence-electron chi connectivity index (χ2n) is 8.54. The number of methoxy groups -OCH3 is 1. The van der Waals surface area contributed by atoms with Crippen molar-refractivity contribution < 1.29 is 14.3 Å². The molecule has 2 heterocycles. The molecule has 7 heteroatoms. The van der Waals surface area contributed by atoms with Crippen molar-refractivity contribution in [3.8, 4) is 5.75 Å². The van der Waals surface area contributed by atoms with Crippen molar-refractivity contribution in [3.63, 3.8) is 0 Å². The van der Waals surface area contributed by atoms with Crippen LogP contribution >= 0.6 is 11.6 Å². The molecular formula is C23H36ClN3O3. The summed E-state index contributed by atoms with van der Waals surface area (Å²) in [5.41, 5.74) is 0.479. The summed E-state index contributed by atoms with van der Waals surface area (Å²) >= 11 is 6.08. The topological polar surface area (TPSA) is 54.0 Å². The lowest BCUT2D eigenvalue weighted by molar-refractivity contribution is 0.0000205. The number of hydrogen-bond donors (Lipinski definition) is 1. The number of ether oxygens (including phenoxy) is 2. The van der Waals surface area contributed by atoms with Crippen LogP contribution < -0.4 is 10.1 Å². The molecule has 1 aromatic rings. The van der Waals surface area contributed by atoms with Crippen LogP contribution in [-0.4, -0.2) is 80.3 Å². The van der Waals surface area contributed by atoms with E-state index in [2.05, 4.69) is 29.0 Å². The zero-order valence-electron chi connectivity index (χ0n) is 18.5. The number of carbonyl (C=O) groups excluding carboxylic acids is 1. The Hall–Kier alpha value is -1.34. The van der Waals surface area contributed by atoms with Gasteiger partial charge in [0.25, 0.3) is 5.91 Å². The predicted octanol–water partition coefficient (Wildman–Crippen LogP) is 3.43. The average Bonchev–Trinajstić information content (AvgIpc) is 2.77. The molecule has 3 rings (SSSR count). The third-order valence-electron chi connectivity index (χ3n) is 6.42. The Morgan fingerprint density at radius 3 is 2.53 bits per heavy atom. The smallest absolute Gasteiger partial charge is 0.255 e. The van der Waals surface area contributed by atoms with Crippen LogP contribution in [0.1, 0.15) is 49.9 Å². The van der Waals surface area contributed by atoms with Crippen LogP contribution in [0.2, 0.25) is 5.02 Å². The first-order chi connectivity index (χ1) is 14.5. The van der Waals surface area contributed by atoms with Crippen molar-refractivity contribution in [1.29, 1.82) is 0 Å². The van der Waals surface area contributed by atoms with E-state index in [1.807, 2.05) is 0 Å². The zero-order valence-corrected chi connectivity index (χ0v) is 19.3. The largest absolute Gasteiger partial charge is 0.496 e. The fourth-order valence-electron chi connectivity index (χ4n) is 4.67. The highest BCUT2D eigenvalue weighted by Gasteiger charge is 2.31. The van der Waals surface area contributed by atoms with Gasteiger partial charge in [-0.15, -0.1) is 0 Å². The summed E-state index contributed by atoms with van der Waals surface area (Å²) in [6, 6.07) is 6.83. The Kier molecular flexibility index (Phi) is 8.81. The number of hydrogen-bond acceptors (Lipinski definition) is 5. The molecule has 0 unspecified atom stereocenters. The van der Waals surface area contributed by atoms with Gasteiger partial charge in [0.1, 0.15) is 5.75 Å². The summed E-state index contributed by atoms with van der Waals surface area (Å²) in [5.74, 6) is 0.398. The minimum atomic E-state index is -0.143. The number of piperidine rings is 1. The summed E-state index contributed by atoms with van der Waals surface area (Å²) in [6.07, 6.45) is 4.51. The summed E-state index contributed by atoms with van der Waals surface area (Å²) in [6.45, 7) is 9.96.